The predicted octanol–water partition coefficient (Wildman–Crippen LogP) is 4.89. The maximum Gasteiger partial charge on any atom is 0.0138 e. The molecule has 0 aromatic rings. The highest BCUT2D eigenvalue weighted by Crippen LogP contribution is 2.15. The molecule has 0 saturated carbocycles. The van der Waals surface area contributed by atoms with Crippen LogP contribution in [-0.4, -0.2) is 6.54 Å². The first kappa shape index (κ1) is 15.5. The predicted molar refractivity (Wildman–Crippen MR) is 74.6 cm³/mol. The molecule has 0 amide bonds. The molecule has 0 aliphatic rings. The van der Waals surface area contributed by atoms with E-state index in [9.17, 15) is 0 Å². The van der Waals surface area contributed by atoms with Gasteiger partial charge < -0.3 is 5.32 Å². The minimum absolute atomic E-state index is 0.933. The van der Waals surface area contributed by atoms with Crippen LogP contribution in [0.3, 0.4) is 0 Å². The van der Waals surface area contributed by atoms with E-state index >= 15 is 0 Å². The summed E-state index contributed by atoms with van der Waals surface area (Å²) >= 11 is 0. The quantitative estimate of drug-likeness (QED) is 0.494. The number of hydrogen-bond donors (Lipinski definition) is 1. The molecule has 0 saturated heterocycles. The Bertz CT molecular complexity index is 152. The SMILES string of the molecule is CCCC[C@@H](C)CCCC/C=C/NCCC. The third-order valence-corrected chi connectivity index (χ3v) is 3.00. The molecule has 16 heavy (non-hydrogen) atoms. The van der Waals surface area contributed by atoms with Crippen molar-refractivity contribution in [3.8, 4) is 0 Å². The van der Waals surface area contributed by atoms with Crippen LogP contribution in [0, 0.1) is 5.92 Å². The molecule has 96 valence electrons. The highest BCUT2D eigenvalue weighted by molar-refractivity contribution is 4.78. The lowest BCUT2D eigenvalue weighted by molar-refractivity contribution is 0.450. The van der Waals surface area contributed by atoms with E-state index in [0.29, 0.717) is 0 Å². The van der Waals surface area contributed by atoms with Crippen molar-refractivity contribution >= 4 is 0 Å². The van der Waals surface area contributed by atoms with E-state index in [4.69, 9.17) is 0 Å². The van der Waals surface area contributed by atoms with Gasteiger partial charge >= 0.3 is 0 Å². The van der Waals surface area contributed by atoms with E-state index in [0.717, 1.165) is 12.5 Å². The van der Waals surface area contributed by atoms with Crippen LogP contribution in [0.2, 0.25) is 0 Å². The van der Waals surface area contributed by atoms with E-state index in [2.05, 4.69) is 38.4 Å². The molecule has 0 heterocycles. The number of allylic oxidation sites excluding steroid dienone is 1. The van der Waals surface area contributed by atoms with Gasteiger partial charge in [-0.2, -0.15) is 0 Å². The second kappa shape index (κ2) is 12.6. The molecular formula is C15H31N. The Balaban J connectivity index is 3.16. The Morgan fingerprint density at radius 2 is 1.75 bits per heavy atom. The van der Waals surface area contributed by atoms with E-state index in [1.54, 1.807) is 0 Å². The lowest BCUT2D eigenvalue weighted by atomic mass is 9.97. The normalized spacial score (nSPS) is 13.2. The average Bonchev–Trinajstić information content (AvgIpc) is 2.30. The van der Waals surface area contributed by atoms with Crippen LogP contribution in [0.4, 0.5) is 0 Å². The minimum Gasteiger partial charge on any atom is -0.391 e. The summed E-state index contributed by atoms with van der Waals surface area (Å²) in [4.78, 5) is 0. The number of rotatable bonds is 11. The Hall–Kier alpha value is -0.460. The molecule has 0 fully saturated rings. The molecule has 0 aromatic carbocycles. The van der Waals surface area contributed by atoms with E-state index in [-0.39, 0.29) is 0 Å². The minimum atomic E-state index is 0.933. The molecule has 0 unspecified atom stereocenters. The maximum atomic E-state index is 3.28. The van der Waals surface area contributed by atoms with Crippen LogP contribution >= 0.6 is 0 Å². The van der Waals surface area contributed by atoms with Gasteiger partial charge in [0.15, 0.2) is 0 Å². The molecule has 0 aliphatic heterocycles. The van der Waals surface area contributed by atoms with Crippen LogP contribution in [-0.2, 0) is 0 Å². The van der Waals surface area contributed by atoms with Gasteiger partial charge in [-0.05, 0) is 31.4 Å². The summed E-state index contributed by atoms with van der Waals surface area (Å²) in [5.74, 6) is 0.933. The fourth-order valence-corrected chi connectivity index (χ4v) is 1.85. The van der Waals surface area contributed by atoms with Crippen LogP contribution < -0.4 is 5.32 Å². The van der Waals surface area contributed by atoms with Gasteiger partial charge in [-0.3, -0.25) is 0 Å². The van der Waals surface area contributed by atoms with Crippen molar-refractivity contribution < 1.29 is 0 Å². The summed E-state index contributed by atoms with van der Waals surface area (Å²) in [6.45, 7) is 7.97. The summed E-state index contributed by atoms with van der Waals surface area (Å²) in [7, 11) is 0. The molecule has 1 heteroatoms. The van der Waals surface area contributed by atoms with E-state index < -0.39 is 0 Å². The monoisotopic (exact) mass is 225 g/mol. The molecule has 0 rings (SSSR count). The third kappa shape index (κ3) is 11.6. The number of hydrogen-bond acceptors (Lipinski definition) is 1. The maximum absolute atomic E-state index is 3.28. The smallest absolute Gasteiger partial charge is 0.0138 e. The van der Waals surface area contributed by atoms with Crippen molar-refractivity contribution in [1.82, 2.24) is 5.32 Å². The van der Waals surface area contributed by atoms with Gasteiger partial charge in [0.2, 0.25) is 0 Å². The first-order valence-corrected chi connectivity index (χ1v) is 7.19. The zero-order valence-electron chi connectivity index (χ0n) is 11.6. The topological polar surface area (TPSA) is 12.0 Å². The highest BCUT2D eigenvalue weighted by atomic mass is 14.8. The zero-order chi connectivity index (χ0) is 12.1. The summed E-state index contributed by atoms with van der Waals surface area (Å²) in [6.07, 6.45) is 15.1. The molecule has 0 bridgehead atoms. The second-order valence-corrected chi connectivity index (χ2v) is 4.89. The Morgan fingerprint density at radius 3 is 2.44 bits per heavy atom. The van der Waals surface area contributed by atoms with E-state index in [1.165, 1.54) is 51.4 Å². The van der Waals surface area contributed by atoms with E-state index in [1.807, 2.05) is 0 Å². The van der Waals surface area contributed by atoms with Gasteiger partial charge in [0.1, 0.15) is 0 Å². The van der Waals surface area contributed by atoms with Crippen LogP contribution in [0.15, 0.2) is 12.3 Å². The van der Waals surface area contributed by atoms with Gasteiger partial charge in [0.05, 0.1) is 0 Å². The van der Waals surface area contributed by atoms with Gasteiger partial charge in [-0.1, -0.05) is 59.0 Å². The van der Waals surface area contributed by atoms with Crippen molar-refractivity contribution in [2.45, 2.75) is 72.1 Å². The van der Waals surface area contributed by atoms with Crippen molar-refractivity contribution in [2.75, 3.05) is 6.54 Å². The molecule has 0 aliphatic carbocycles. The molecule has 0 aromatic heterocycles. The lowest BCUT2D eigenvalue weighted by Gasteiger charge is -2.09. The van der Waals surface area contributed by atoms with Gasteiger partial charge in [0, 0.05) is 6.54 Å². The standard InChI is InChI=1S/C15H31N/c1-4-6-11-15(3)12-9-7-8-10-14-16-13-5-2/h10,14-16H,4-9,11-13H2,1-3H3/b14-10+/t15-/m1/s1. The number of nitrogens with one attached hydrogen (secondary N) is 1. The van der Waals surface area contributed by atoms with Crippen molar-refractivity contribution in [1.29, 1.82) is 0 Å². The zero-order valence-corrected chi connectivity index (χ0v) is 11.6. The molecule has 1 nitrogen and oxygen atoms in total. The van der Waals surface area contributed by atoms with Gasteiger partial charge in [0.25, 0.3) is 0 Å². The highest BCUT2D eigenvalue weighted by Gasteiger charge is 1.99. The van der Waals surface area contributed by atoms with Crippen LogP contribution in [0.5, 0.6) is 0 Å². The first-order chi connectivity index (χ1) is 7.81. The van der Waals surface area contributed by atoms with Crippen molar-refractivity contribution in [2.24, 2.45) is 5.92 Å². The average molecular weight is 225 g/mol. The summed E-state index contributed by atoms with van der Waals surface area (Å²) in [5.41, 5.74) is 0. The first-order valence-electron chi connectivity index (χ1n) is 7.19. The fraction of sp³-hybridized carbons (Fsp3) is 0.867. The molecule has 0 spiro atoms. The lowest BCUT2D eigenvalue weighted by Crippen LogP contribution is -2.04. The molecular weight excluding hydrogens is 194 g/mol. The second-order valence-electron chi connectivity index (χ2n) is 4.89. The fourth-order valence-electron chi connectivity index (χ4n) is 1.85. The number of unbranched alkanes of at least 4 members (excludes halogenated alkanes) is 3. The van der Waals surface area contributed by atoms with Crippen LogP contribution in [0.25, 0.3) is 0 Å². The Labute approximate surface area is 103 Å². The summed E-state index contributed by atoms with van der Waals surface area (Å²) in [5, 5.41) is 3.28. The van der Waals surface area contributed by atoms with Crippen molar-refractivity contribution in [3.05, 3.63) is 12.3 Å². The van der Waals surface area contributed by atoms with Gasteiger partial charge in [-0.25, -0.2) is 0 Å². The molecule has 0 radical (unpaired) electrons. The Kier molecular flexibility index (Phi) is 12.2. The molecule has 1 atom stereocenters. The third-order valence-electron chi connectivity index (χ3n) is 3.00. The summed E-state index contributed by atoms with van der Waals surface area (Å²) < 4.78 is 0. The molecule has 1 N–H and O–H groups in total. The largest absolute Gasteiger partial charge is 0.391 e. The Morgan fingerprint density at radius 1 is 1.00 bits per heavy atom. The van der Waals surface area contributed by atoms with Crippen molar-refractivity contribution in [3.63, 3.8) is 0 Å². The summed E-state index contributed by atoms with van der Waals surface area (Å²) in [6, 6.07) is 0. The van der Waals surface area contributed by atoms with Crippen LogP contribution in [0.1, 0.15) is 72.1 Å². The van der Waals surface area contributed by atoms with Gasteiger partial charge in [-0.15, -0.1) is 0 Å².